The second-order valence-electron chi connectivity index (χ2n) is 4.98. The summed E-state index contributed by atoms with van der Waals surface area (Å²) >= 11 is 1.80. The summed E-state index contributed by atoms with van der Waals surface area (Å²) in [4.78, 5) is 12.6. The van der Waals surface area contributed by atoms with Gasteiger partial charge < -0.3 is 0 Å². The Labute approximate surface area is 129 Å². The first-order chi connectivity index (χ1) is 10.3. The van der Waals surface area contributed by atoms with E-state index in [-0.39, 0.29) is 5.78 Å². The lowest BCUT2D eigenvalue weighted by atomic mass is 10.0. The minimum absolute atomic E-state index is 0.182. The standard InChI is InChI=1S/C19H16OS/c20-19-17(11-15-7-3-1-4-8-15)13-21-14-18(19)12-16-9-5-2-6-10-16/h1-12H,13-14H2/b17-11-,18-12-. The summed E-state index contributed by atoms with van der Waals surface area (Å²) in [6.45, 7) is 0. The van der Waals surface area contributed by atoms with Gasteiger partial charge in [-0.3, -0.25) is 4.79 Å². The van der Waals surface area contributed by atoms with Gasteiger partial charge in [0.1, 0.15) is 0 Å². The molecule has 0 spiro atoms. The number of benzene rings is 2. The van der Waals surface area contributed by atoms with E-state index in [1.54, 1.807) is 11.8 Å². The fourth-order valence-corrected chi connectivity index (χ4v) is 3.29. The molecule has 2 aromatic carbocycles. The quantitative estimate of drug-likeness (QED) is 0.760. The Morgan fingerprint density at radius 3 is 1.57 bits per heavy atom. The van der Waals surface area contributed by atoms with Crippen molar-refractivity contribution in [1.29, 1.82) is 0 Å². The monoisotopic (exact) mass is 292 g/mol. The Hall–Kier alpha value is -2.06. The Kier molecular flexibility index (Phi) is 4.37. The summed E-state index contributed by atoms with van der Waals surface area (Å²) < 4.78 is 0. The number of ketones is 1. The van der Waals surface area contributed by atoms with Gasteiger partial charge in [0.2, 0.25) is 0 Å². The third kappa shape index (κ3) is 3.53. The Morgan fingerprint density at radius 2 is 1.14 bits per heavy atom. The zero-order valence-electron chi connectivity index (χ0n) is 11.7. The van der Waals surface area contributed by atoms with E-state index < -0.39 is 0 Å². The van der Waals surface area contributed by atoms with Crippen molar-refractivity contribution in [1.82, 2.24) is 0 Å². The van der Waals surface area contributed by atoms with E-state index in [9.17, 15) is 4.79 Å². The molecule has 1 aliphatic rings. The molecule has 3 rings (SSSR count). The number of hydrogen-bond acceptors (Lipinski definition) is 2. The topological polar surface area (TPSA) is 17.1 Å². The highest BCUT2D eigenvalue weighted by Gasteiger charge is 2.20. The zero-order chi connectivity index (χ0) is 14.5. The number of carbonyl (C=O) groups is 1. The van der Waals surface area contributed by atoms with Crippen LogP contribution in [0, 0.1) is 0 Å². The summed E-state index contributed by atoms with van der Waals surface area (Å²) in [5, 5.41) is 0. The van der Waals surface area contributed by atoms with Crippen LogP contribution < -0.4 is 0 Å². The fourth-order valence-electron chi connectivity index (χ4n) is 2.32. The molecule has 0 N–H and O–H groups in total. The number of thioether (sulfide) groups is 1. The van der Waals surface area contributed by atoms with Gasteiger partial charge in [-0.05, 0) is 23.3 Å². The minimum atomic E-state index is 0.182. The number of carbonyl (C=O) groups excluding carboxylic acids is 1. The van der Waals surface area contributed by atoms with Crippen molar-refractivity contribution in [3.05, 3.63) is 82.9 Å². The zero-order valence-corrected chi connectivity index (χ0v) is 12.5. The van der Waals surface area contributed by atoms with Gasteiger partial charge in [0.15, 0.2) is 5.78 Å². The van der Waals surface area contributed by atoms with E-state index >= 15 is 0 Å². The lowest BCUT2D eigenvalue weighted by molar-refractivity contribution is -0.112. The summed E-state index contributed by atoms with van der Waals surface area (Å²) in [5.41, 5.74) is 3.95. The molecule has 0 bridgehead atoms. The first kappa shape index (κ1) is 13.9. The molecular weight excluding hydrogens is 276 g/mol. The van der Waals surface area contributed by atoms with Gasteiger partial charge in [0.25, 0.3) is 0 Å². The molecule has 0 saturated carbocycles. The normalized spacial score (nSPS) is 19.1. The third-order valence-electron chi connectivity index (χ3n) is 3.38. The van der Waals surface area contributed by atoms with Crippen LogP contribution in [0.4, 0.5) is 0 Å². The Morgan fingerprint density at radius 1 is 0.714 bits per heavy atom. The molecule has 2 aromatic rings. The van der Waals surface area contributed by atoms with Gasteiger partial charge in [0, 0.05) is 22.7 Å². The maximum Gasteiger partial charge on any atom is 0.186 e. The van der Waals surface area contributed by atoms with Crippen LogP contribution in [-0.2, 0) is 4.79 Å². The van der Waals surface area contributed by atoms with Crippen molar-refractivity contribution in [2.75, 3.05) is 11.5 Å². The molecule has 21 heavy (non-hydrogen) atoms. The lowest BCUT2D eigenvalue weighted by Crippen LogP contribution is -2.16. The van der Waals surface area contributed by atoms with Crippen molar-refractivity contribution in [3.8, 4) is 0 Å². The van der Waals surface area contributed by atoms with Crippen LogP contribution in [-0.4, -0.2) is 17.3 Å². The molecule has 1 nitrogen and oxygen atoms in total. The van der Waals surface area contributed by atoms with Crippen molar-refractivity contribution < 1.29 is 4.79 Å². The van der Waals surface area contributed by atoms with Crippen LogP contribution in [0.5, 0.6) is 0 Å². The molecule has 2 heteroatoms. The van der Waals surface area contributed by atoms with Gasteiger partial charge in [-0.1, -0.05) is 60.7 Å². The molecule has 0 aliphatic carbocycles. The van der Waals surface area contributed by atoms with E-state index in [1.165, 1.54) is 0 Å². The highest BCUT2D eigenvalue weighted by atomic mass is 32.2. The average molecular weight is 292 g/mol. The van der Waals surface area contributed by atoms with Crippen molar-refractivity contribution in [2.45, 2.75) is 0 Å². The highest BCUT2D eigenvalue weighted by molar-refractivity contribution is 7.99. The van der Waals surface area contributed by atoms with E-state index in [1.807, 2.05) is 72.8 Å². The van der Waals surface area contributed by atoms with E-state index in [2.05, 4.69) is 0 Å². The number of Topliss-reactive ketones (excluding diaryl/α,β-unsaturated/α-hetero) is 1. The predicted octanol–water partition coefficient (Wildman–Crippen LogP) is 4.47. The summed E-state index contributed by atoms with van der Waals surface area (Å²) in [5.74, 6) is 1.76. The van der Waals surface area contributed by atoms with Crippen LogP contribution in [0.2, 0.25) is 0 Å². The number of hydrogen-bond donors (Lipinski definition) is 0. The van der Waals surface area contributed by atoms with Crippen LogP contribution in [0.3, 0.4) is 0 Å². The third-order valence-corrected chi connectivity index (χ3v) is 4.41. The maximum atomic E-state index is 12.6. The lowest BCUT2D eigenvalue weighted by Gasteiger charge is -2.16. The smallest absolute Gasteiger partial charge is 0.186 e. The molecule has 0 aromatic heterocycles. The SMILES string of the molecule is O=C1/C(=C\c2ccccc2)CSC/C1=C/c1ccccc1. The predicted molar refractivity (Wildman–Crippen MR) is 91.2 cm³/mol. The van der Waals surface area contributed by atoms with Crippen LogP contribution in [0.1, 0.15) is 11.1 Å². The average Bonchev–Trinajstić information content (AvgIpc) is 2.53. The molecule has 1 aliphatic heterocycles. The van der Waals surface area contributed by atoms with Crippen molar-refractivity contribution in [2.24, 2.45) is 0 Å². The van der Waals surface area contributed by atoms with Gasteiger partial charge in [-0.2, -0.15) is 11.8 Å². The van der Waals surface area contributed by atoms with Crippen molar-refractivity contribution in [3.63, 3.8) is 0 Å². The van der Waals surface area contributed by atoms with Crippen LogP contribution >= 0.6 is 11.8 Å². The van der Waals surface area contributed by atoms with Gasteiger partial charge >= 0.3 is 0 Å². The fraction of sp³-hybridized carbons (Fsp3) is 0.105. The second-order valence-corrected chi connectivity index (χ2v) is 5.97. The molecule has 1 fully saturated rings. The van der Waals surface area contributed by atoms with Gasteiger partial charge in [-0.15, -0.1) is 0 Å². The largest absolute Gasteiger partial charge is 0.289 e. The molecule has 104 valence electrons. The summed E-state index contributed by atoms with van der Waals surface area (Å²) in [6, 6.07) is 20.1. The molecular formula is C19H16OS. The Bertz CT molecular complexity index is 625. The van der Waals surface area contributed by atoms with E-state index in [0.29, 0.717) is 0 Å². The Balaban J connectivity index is 1.88. The molecule has 0 unspecified atom stereocenters. The van der Waals surface area contributed by atoms with Gasteiger partial charge in [-0.25, -0.2) is 0 Å². The van der Waals surface area contributed by atoms with E-state index in [0.717, 1.165) is 33.8 Å². The molecule has 0 atom stereocenters. The first-order valence-electron chi connectivity index (χ1n) is 6.96. The summed E-state index contributed by atoms with van der Waals surface area (Å²) in [6.07, 6.45) is 4.01. The number of rotatable bonds is 2. The second kappa shape index (κ2) is 6.59. The molecule has 0 amide bonds. The molecule has 1 saturated heterocycles. The first-order valence-corrected chi connectivity index (χ1v) is 8.12. The molecule has 1 heterocycles. The van der Waals surface area contributed by atoms with Crippen LogP contribution in [0.25, 0.3) is 12.2 Å². The van der Waals surface area contributed by atoms with Gasteiger partial charge in [0.05, 0.1) is 0 Å². The summed E-state index contributed by atoms with van der Waals surface area (Å²) in [7, 11) is 0. The minimum Gasteiger partial charge on any atom is -0.289 e. The highest BCUT2D eigenvalue weighted by Crippen LogP contribution is 2.26. The van der Waals surface area contributed by atoms with Crippen LogP contribution in [0.15, 0.2) is 71.8 Å². The molecule has 0 radical (unpaired) electrons. The van der Waals surface area contributed by atoms with Crippen molar-refractivity contribution >= 4 is 29.7 Å². The van der Waals surface area contributed by atoms with E-state index in [4.69, 9.17) is 0 Å². The maximum absolute atomic E-state index is 12.6.